The minimum absolute atomic E-state index is 0.136. The van der Waals surface area contributed by atoms with E-state index >= 15 is 0 Å². The zero-order valence-corrected chi connectivity index (χ0v) is 18.5. The highest BCUT2D eigenvalue weighted by Crippen LogP contribution is 2.18. The number of hydrogen-bond donors (Lipinski definition) is 2. The van der Waals surface area contributed by atoms with Gasteiger partial charge in [-0.25, -0.2) is 4.98 Å². The first-order valence-corrected chi connectivity index (χ1v) is 11.0. The van der Waals surface area contributed by atoms with Crippen LogP contribution in [-0.2, 0) is 6.54 Å². The summed E-state index contributed by atoms with van der Waals surface area (Å²) in [5, 5.41) is 5.17. The molecule has 2 aromatic heterocycles. The van der Waals surface area contributed by atoms with E-state index in [-0.39, 0.29) is 30.0 Å². The normalized spacial score (nSPS) is 11.0. The molecule has 0 atom stereocenters. The lowest BCUT2D eigenvalue weighted by Gasteiger charge is -2.26. The summed E-state index contributed by atoms with van der Waals surface area (Å²) >= 11 is 1.35. The van der Waals surface area contributed by atoms with Crippen molar-refractivity contribution in [1.82, 2.24) is 14.9 Å². The molecule has 0 unspecified atom stereocenters. The van der Waals surface area contributed by atoms with Crippen molar-refractivity contribution in [2.45, 2.75) is 26.4 Å². The van der Waals surface area contributed by atoms with Gasteiger partial charge in [0.05, 0.1) is 22.3 Å². The summed E-state index contributed by atoms with van der Waals surface area (Å²) in [7, 11) is 0. The molecule has 2 N–H and O–H groups in total. The second-order valence-corrected chi connectivity index (χ2v) is 8.52. The van der Waals surface area contributed by atoms with Gasteiger partial charge in [-0.15, -0.1) is 11.3 Å². The lowest BCUT2D eigenvalue weighted by Crippen LogP contribution is -2.37. The van der Waals surface area contributed by atoms with Crippen LogP contribution < -0.4 is 10.9 Å². The molecule has 4 rings (SSSR count). The van der Waals surface area contributed by atoms with Crippen LogP contribution in [0.15, 0.2) is 70.8 Å². The Labute approximate surface area is 188 Å². The van der Waals surface area contributed by atoms with Gasteiger partial charge in [0.1, 0.15) is 5.82 Å². The van der Waals surface area contributed by atoms with Crippen LogP contribution in [0.1, 0.15) is 39.7 Å². The number of benzene rings is 2. The molecular formula is C24H22N4O3S. The van der Waals surface area contributed by atoms with E-state index in [1.54, 1.807) is 53.4 Å². The van der Waals surface area contributed by atoms with Crippen LogP contribution in [0.2, 0.25) is 0 Å². The molecule has 4 aromatic rings. The predicted octanol–water partition coefficient (Wildman–Crippen LogP) is 4.29. The maximum Gasteiger partial charge on any atom is 0.265 e. The molecule has 0 fully saturated rings. The SMILES string of the molecule is CC(C)N(Cc1nc2ccccc2c(=O)[nH]1)C(=O)c1cccc(NC(=O)c2cccs2)c1. The number of rotatable bonds is 6. The fourth-order valence-electron chi connectivity index (χ4n) is 3.36. The van der Waals surface area contributed by atoms with Gasteiger partial charge < -0.3 is 15.2 Å². The van der Waals surface area contributed by atoms with Crippen LogP contribution in [0.25, 0.3) is 10.9 Å². The van der Waals surface area contributed by atoms with Crippen LogP contribution in [0.3, 0.4) is 0 Å². The highest BCUT2D eigenvalue weighted by Gasteiger charge is 2.21. The summed E-state index contributed by atoms with van der Waals surface area (Å²) in [6, 6.07) is 17.3. The minimum atomic E-state index is -0.236. The number of hydrogen-bond acceptors (Lipinski definition) is 5. The number of fused-ring (bicyclic) bond motifs is 1. The van der Waals surface area contributed by atoms with Crippen LogP contribution >= 0.6 is 11.3 Å². The molecule has 162 valence electrons. The van der Waals surface area contributed by atoms with E-state index in [0.29, 0.717) is 32.9 Å². The summed E-state index contributed by atoms with van der Waals surface area (Å²) in [5.41, 5.74) is 1.32. The number of nitrogens with one attached hydrogen (secondary N) is 2. The van der Waals surface area contributed by atoms with E-state index in [0.717, 1.165) is 0 Å². The minimum Gasteiger partial charge on any atom is -0.329 e. The summed E-state index contributed by atoms with van der Waals surface area (Å²) in [6.07, 6.45) is 0. The third kappa shape index (κ3) is 4.60. The summed E-state index contributed by atoms with van der Waals surface area (Å²) in [4.78, 5) is 47.6. The Bertz CT molecular complexity index is 1330. The number of aromatic nitrogens is 2. The number of para-hydroxylation sites is 1. The lowest BCUT2D eigenvalue weighted by molar-refractivity contribution is 0.0684. The standard InChI is InChI=1S/C24H22N4O3S/c1-15(2)28(14-21-26-19-10-4-3-9-18(19)22(29)27-21)24(31)16-7-5-8-17(13-16)25-23(30)20-11-6-12-32-20/h3-13,15H,14H2,1-2H3,(H,25,30)(H,26,27,29). The first-order chi connectivity index (χ1) is 15.4. The maximum absolute atomic E-state index is 13.3. The van der Waals surface area contributed by atoms with Crippen molar-refractivity contribution >= 4 is 39.7 Å². The van der Waals surface area contributed by atoms with Crippen LogP contribution in [-0.4, -0.2) is 32.7 Å². The van der Waals surface area contributed by atoms with Crippen molar-refractivity contribution in [3.63, 3.8) is 0 Å². The Morgan fingerprint density at radius 2 is 1.91 bits per heavy atom. The van der Waals surface area contributed by atoms with Crippen molar-refractivity contribution in [3.8, 4) is 0 Å². The fourth-order valence-corrected chi connectivity index (χ4v) is 3.98. The van der Waals surface area contributed by atoms with Gasteiger partial charge in [0, 0.05) is 17.3 Å². The quantitative estimate of drug-likeness (QED) is 0.462. The van der Waals surface area contributed by atoms with Gasteiger partial charge in [-0.3, -0.25) is 14.4 Å². The molecule has 0 saturated heterocycles. The molecule has 2 heterocycles. The fraction of sp³-hybridized carbons (Fsp3) is 0.167. The zero-order valence-electron chi connectivity index (χ0n) is 17.7. The number of amides is 2. The van der Waals surface area contributed by atoms with Crippen LogP contribution in [0.4, 0.5) is 5.69 Å². The molecule has 8 heteroatoms. The van der Waals surface area contributed by atoms with E-state index in [9.17, 15) is 14.4 Å². The van der Waals surface area contributed by atoms with E-state index in [1.165, 1.54) is 11.3 Å². The van der Waals surface area contributed by atoms with Crippen molar-refractivity contribution in [2.24, 2.45) is 0 Å². The molecule has 32 heavy (non-hydrogen) atoms. The topological polar surface area (TPSA) is 95.2 Å². The molecule has 0 spiro atoms. The Kier molecular flexibility index (Phi) is 6.13. The predicted molar refractivity (Wildman–Crippen MR) is 126 cm³/mol. The number of thiophene rings is 1. The molecular weight excluding hydrogens is 424 g/mol. The molecule has 0 radical (unpaired) electrons. The lowest BCUT2D eigenvalue weighted by atomic mass is 10.1. The van der Waals surface area contributed by atoms with Gasteiger partial charge in [0.25, 0.3) is 17.4 Å². The van der Waals surface area contributed by atoms with E-state index in [2.05, 4.69) is 15.3 Å². The molecule has 0 aliphatic rings. The van der Waals surface area contributed by atoms with Crippen LogP contribution in [0.5, 0.6) is 0 Å². The molecule has 0 aliphatic carbocycles. The van der Waals surface area contributed by atoms with E-state index < -0.39 is 0 Å². The van der Waals surface area contributed by atoms with Gasteiger partial charge in [-0.05, 0) is 55.6 Å². The molecule has 0 aliphatic heterocycles. The van der Waals surface area contributed by atoms with Gasteiger partial charge in [0.15, 0.2) is 0 Å². The average molecular weight is 447 g/mol. The number of anilines is 1. The second-order valence-electron chi connectivity index (χ2n) is 7.57. The number of H-pyrrole nitrogens is 1. The zero-order chi connectivity index (χ0) is 22.7. The van der Waals surface area contributed by atoms with Crippen LogP contribution in [0, 0.1) is 0 Å². The van der Waals surface area contributed by atoms with Crippen molar-refractivity contribution in [3.05, 3.63) is 92.7 Å². The summed E-state index contributed by atoms with van der Waals surface area (Å²) < 4.78 is 0. The third-order valence-electron chi connectivity index (χ3n) is 4.98. The number of carbonyl (C=O) groups excluding carboxylic acids is 2. The monoisotopic (exact) mass is 446 g/mol. The first kappa shape index (κ1) is 21.5. The summed E-state index contributed by atoms with van der Waals surface area (Å²) in [6.45, 7) is 3.96. The number of nitrogens with zero attached hydrogens (tertiary/aromatic N) is 2. The highest BCUT2D eigenvalue weighted by molar-refractivity contribution is 7.12. The Balaban J connectivity index is 1.57. The molecule has 7 nitrogen and oxygen atoms in total. The summed E-state index contributed by atoms with van der Waals surface area (Å²) in [5.74, 6) is -0.0239. The molecule has 0 bridgehead atoms. The van der Waals surface area contributed by atoms with Gasteiger partial charge in [0.2, 0.25) is 0 Å². The second kappa shape index (κ2) is 9.15. The number of aromatic amines is 1. The molecule has 2 amide bonds. The Morgan fingerprint density at radius 3 is 2.66 bits per heavy atom. The molecule has 2 aromatic carbocycles. The molecule has 0 saturated carbocycles. The maximum atomic E-state index is 13.3. The van der Waals surface area contributed by atoms with Gasteiger partial charge in [-0.2, -0.15) is 0 Å². The van der Waals surface area contributed by atoms with E-state index in [4.69, 9.17) is 0 Å². The highest BCUT2D eigenvalue weighted by atomic mass is 32.1. The number of carbonyl (C=O) groups is 2. The van der Waals surface area contributed by atoms with Gasteiger partial charge >= 0.3 is 0 Å². The van der Waals surface area contributed by atoms with Gasteiger partial charge in [-0.1, -0.05) is 24.3 Å². The third-order valence-corrected chi connectivity index (χ3v) is 5.85. The van der Waals surface area contributed by atoms with Crippen molar-refractivity contribution in [1.29, 1.82) is 0 Å². The van der Waals surface area contributed by atoms with Crippen molar-refractivity contribution < 1.29 is 9.59 Å². The Morgan fingerprint density at radius 1 is 1.09 bits per heavy atom. The first-order valence-electron chi connectivity index (χ1n) is 10.2. The largest absolute Gasteiger partial charge is 0.329 e. The Hall–Kier alpha value is -3.78. The average Bonchev–Trinajstić information content (AvgIpc) is 3.32. The van der Waals surface area contributed by atoms with E-state index in [1.807, 2.05) is 31.4 Å². The van der Waals surface area contributed by atoms with Crippen molar-refractivity contribution in [2.75, 3.05) is 5.32 Å². The smallest absolute Gasteiger partial charge is 0.265 e.